The lowest BCUT2D eigenvalue weighted by molar-refractivity contribution is 0.102. The number of nitrogens with zero attached hydrogens (tertiary/aromatic N) is 6. The van der Waals surface area contributed by atoms with Crippen molar-refractivity contribution in [1.29, 1.82) is 0 Å². The quantitative estimate of drug-likeness (QED) is 0.571. The molecule has 0 aliphatic carbocycles. The van der Waals surface area contributed by atoms with Crippen LogP contribution in [0.2, 0.25) is 0 Å². The minimum absolute atomic E-state index is 0.192. The van der Waals surface area contributed by atoms with Crippen molar-refractivity contribution >= 4 is 22.9 Å². The van der Waals surface area contributed by atoms with Crippen molar-refractivity contribution in [2.24, 2.45) is 0 Å². The van der Waals surface area contributed by atoms with E-state index in [0.717, 1.165) is 16.9 Å². The van der Waals surface area contributed by atoms with Crippen molar-refractivity contribution in [3.05, 3.63) is 70.4 Å². The Morgan fingerprint density at radius 1 is 1.04 bits per heavy atom. The predicted octanol–water partition coefficient (Wildman–Crippen LogP) is 2.63. The van der Waals surface area contributed by atoms with E-state index < -0.39 is 5.91 Å². The van der Waals surface area contributed by atoms with Crippen LogP contribution in [0, 0.1) is 5.82 Å². The number of carbonyl (C=O) groups is 1. The van der Waals surface area contributed by atoms with Gasteiger partial charge in [-0.3, -0.25) is 4.79 Å². The van der Waals surface area contributed by atoms with Crippen LogP contribution < -0.4 is 5.32 Å². The highest BCUT2D eigenvalue weighted by Gasteiger charge is 2.14. The van der Waals surface area contributed by atoms with Crippen LogP contribution in [-0.2, 0) is 6.54 Å². The Balaban J connectivity index is 1.43. The first-order valence-corrected chi connectivity index (χ1v) is 8.71. The number of anilines is 1. The lowest BCUT2D eigenvalue weighted by atomic mass is 10.2. The zero-order chi connectivity index (χ0) is 18.6. The molecular weight excluding hydrogens is 369 g/mol. The second-order valence-corrected chi connectivity index (χ2v) is 6.53. The number of carbonyl (C=O) groups excluding carboxylic acids is 1. The SMILES string of the molecule is O=C(Nc1ccc(F)cc1)c1nnc(Cn2nnc(-c3ccccc3)n2)s1. The lowest BCUT2D eigenvalue weighted by Crippen LogP contribution is -2.11. The topological polar surface area (TPSA) is 98.5 Å². The van der Waals surface area contributed by atoms with Crippen molar-refractivity contribution in [2.45, 2.75) is 6.54 Å². The van der Waals surface area contributed by atoms with Gasteiger partial charge in [-0.15, -0.1) is 20.4 Å². The molecule has 10 heteroatoms. The Morgan fingerprint density at radius 3 is 2.59 bits per heavy atom. The van der Waals surface area contributed by atoms with Gasteiger partial charge in [-0.05, 0) is 29.5 Å². The molecule has 4 rings (SSSR count). The highest BCUT2D eigenvalue weighted by Crippen LogP contribution is 2.16. The summed E-state index contributed by atoms with van der Waals surface area (Å²) in [7, 11) is 0. The molecule has 0 saturated heterocycles. The Morgan fingerprint density at radius 2 is 1.81 bits per heavy atom. The number of rotatable bonds is 5. The third kappa shape index (κ3) is 4.01. The Hall–Kier alpha value is -3.53. The predicted molar refractivity (Wildman–Crippen MR) is 96.6 cm³/mol. The highest BCUT2D eigenvalue weighted by molar-refractivity contribution is 7.13. The van der Waals surface area contributed by atoms with Crippen molar-refractivity contribution in [3.8, 4) is 11.4 Å². The lowest BCUT2D eigenvalue weighted by Gasteiger charge is -2.01. The second-order valence-electron chi connectivity index (χ2n) is 5.47. The molecule has 0 radical (unpaired) electrons. The van der Waals surface area contributed by atoms with Crippen LogP contribution in [0.1, 0.15) is 14.8 Å². The minimum atomic E-state index is -0.415. The highest BCUT2D eigenvalue weighted by atomic mass is 32.1. The summed E-state index contributed by atoms with van der Waals surface area (Å²) >= 11 is 1.13. The van der Waals surface area contributed by atoms with E-state index in [9.17, 15) is 9.18 Å². The summed E-state index contributed by atoms with van der Waals surface area (Å²) in [4.78, 5) is 13.6. The van der Waals surface area contributed by atoms with Crippen LogP contribution in [0.25, 0.3) is 11.4 Å². The molecule has 0 bridgehead atoms. The number of nitrogens with one attached hydrogen (secondary N) is 1. The third-order valence-electron chi connectivity index (χ3n) is 3.52. The van der Waals surface area contributed by atoms with Crippen LogP contribution in [0.15, 0.2) is 54.6 Å². The molecule has 0 atom stereocenters. The number of aromatic nitrogens is 6. The van der Waals surface area contributed by atoms with Crippen LogP contribution in [0.3, 0.4) is 0 Å². The molecule has 8 nitrogen and oxygen atoms in total. The summed E-state index contributed by atoms with van der Waals surface area (Å²) in [6.45, 7) is 0.251. The van der Waals surface area contributed by atoms with E-state index in [1.165, 1.54) is 29.1 Å². The molecule has 134 valence electrons. The number of amides is 1. The Bertz CT molecular complexity index is 1060. The van der Waals surface area contributed by atoms with Crippen molar-refractivity contribution in [3.63, 3.8) is 0 Å². The third-order valence-corrected chi connectivity index (χ3v) is 4.43. The van der Waals surface area contributed by atoms with Gasteiger partial charge in [0.2, 0.25) is 10.8 Å². The van der Waals surface area contributed by atoms with Gasteiger partial charge in [-0.2, -0.15) is 4.80 Å². The van der Waals surface area contributed by atoms with Crippen molar-refractivity contribution in [1.82, 2.24) is 30.4 Å². The van der Waals surface area contributed by atoms with Crippen LogP contribution in [-0.4, -0.2) is 36.3 Å². The van der Waals surface area contributed by atoms with E-state index in [-0.39, 0.29) is 17.4 Å². The van der Waals surface area contributed by atoms with Gasteiger partial charge in [-0.25, -0.2) is 4.39 Å². The summed E-state index contributed by atoms with van der Waals surface area (Å²) in [5.41, 5.74) is 1.34. The first-order chi connectivity index (χ1) is 13.2. The zero-order valence-electron chi connectivity index (χ0n) is 13.8. The number of hydrogen-bond acceptors (Lipinski definition) is 7. The standard InChI is InChI=1S/C17H12FN7OS/c18-12-6-8-13(9-7-12)19-16(26)17-22-20-14(27-17)10-25-23-15(21-24-25)11-4-2-1-3-5-11/h1-9H,10H2,(H,19,26). The van der Waals surface area contributed by atoms with Crippen LogP contribution in [0.4, 0.5) is 10.1 Å². The van der Waals surface area contributed by atoms with E-state index in [1.54, 1.807) is 0 Å². The Kier molecular flexibility index (Phi) is 4.62. The molecular formula is C17H12FN7OS. The van der Waals surface area contributed by atoms with Gasteiger partial charge in [0.1, 0.15) is 17.4 Å². The number of halogens is 1. The average Bonchev–Trinajstić information content (AvgIpc) is 3.35. The van der Waals surface area contributed by atoms with Gasteiger partial charge < -0.3 is 5.32 Å². The molecule has 1 amide bonds. The fourth-order valence-corrected chi connectivity index (χ4v) is 2.97. The van der Waals surface area contributed by atoms with Crippen LogP contribution >= 0.6 is 11.3 Å². The number of hydrogen-bond donors (Lipinski definition) is 1. The fourth-order valence-electron chi connectivity index (χ4n) is 2.26. The van der Waals surface area contributed by atoms with E-state index in [4.69, 9.17) is 0 Å². The molecule has 4 aromatic rings. The van der Waals surface area contributed by atoms with Gasteiger partial charge in [0.25, 0.3) is 5.91 Å². The molecule has 2 aromatic heterocycles. The van der Waals surface area contributed by atoms with E-state index in [0.29, 0.717) is 16.5 Å². The van der Waals surface area contributed by atoms with Gasteiger partial charge in [0.05, 0.1) is 0 Å². The minimum Gasteiger partial charge on any atom is -0.320 e. The summed E-state index contributed by atoms with van der Waals surface area (Å²) in [5.74, 6) is -0.280. The van der Waals surface area contributed by atoms with E-state index in [2.05, 4.69) is 30.9 Å². The summed E-state index contributed by atoms with van der Waals surface area (Å²) in [6.07, 6.45) is 0. The fraction of sp³-hybridized carbons (Fsp3) is 0.0588. The van der Waals surface area contributed by atoms with Gasteiger partial charge in [-0.1, -0.05) is 41.7 Å². The van der Waals surface area contributed by atoms with Crippen molar-refractivity contribution < 1.29 is 9.18 Å². The summed E-state index contributed by atoms with van der Waals surface area (Å²) in [6, 6.07) is 15.0. The number of benzene rings is 2. The first-order valence-electron chi connectivity index (χ1n) is 7.90. The zero-order valence-corrected chi connectivity index (χ0v) is 14.6. The maximum Gasteiger partial charge on any atom is 0.286 e. The molecule has 0 aliphatic rings. The molecule has 0 unspecified atom stereocenters. The van der Waals surface area contributed by atoms with E-state index >= 15 is 0 Å². The first kappa shape index (κ1) is 16.9. The maximum absolute atomic E-state index is 12.9. The smallest absolute Gasteiger partial charge is 0.286 e. The molecule has 0 saturated carbocycles. The van der Waals surface area contributed by atoms with Gasteiger partial charge in [0.15, 0.2) is 0 Å². The van der Waals surface area contributed by atoms with E-state index in [1.807, 2.05) is 30.3 Å². The summed E-state index contributed by atoms with van der Waals surface area (Å²) < 4.78 is 12.9. The summed E-state index contributed by atoms with van der Waals surface area (Å²) in [5, 5.41) is 23.6. The van der Waals surface area contributed by atoms with Crippen molar-refractivity contribution in [2.75, 3.05) is 5.32 Å². The van der Waals surface area contributed by atoms with Crippen LogP contribution in [0.5, 0.6) is 0 Å². The molecule has 0 fully saturated rings. The maximum atomic E-state index is 12.9. The molecule has 27 heavy (non-hydrogen) atoms. The molecule has 0 spiro atoms. The monoisotopic (exact) mass is 381 g/mol. The van der Waals surface area contributed by atoms with Gasteiger partial charge in [0, 0.05) is 11.3 Å². The molecule has 0 aliphatic heterocycles. The molecule has 2 heterocycles. The molecule has 1 N–H and O–H groups in total. The Labute approximate surface area is 156 Å². The largest absolute Gasteiger partial charge is 0.320 e. The number of tetrazole rings is 1. The van der Waals surface area contributed by atoms with Gasteiger partial charge >= 0.3 is 0 Å². The molecule has 2 aromatic carbocycles. The second kappa shape index (κ2) is 7.38. The normalized spacial score (nSPS) is 10.7. The average molecular weight is 381 g/mol.